The first kappa shape index (κ1) is 24.8. The smallest absolute Gasteiger partial charge is 0.376 e. The molecule has 2 heterocycles. The van der Waals surface area contributed by atoms with Crippen LogP contribution < -0.4 is 9.37 Å². The Bertz CT molecular complexity index is 783. The average molecular weight is 493 g/mol. The lowest BCUT2D eigenvalue weighted by atomic mass is 9.83. The zero-order chi connectivity index (χ0) is 22.5. The Hall–Kier alpha value is -0.806. The number of halogens is 3. The summed E-state index contributed by atoms with van der Waals surface area (Å²) in [5, 5.41) is 1.20. The second kappa shape index (κ2) is 10.9. The first-order valence-electron chi connectivity index (χ1n) is 11.8. The SMILES string of the molecule is CCCCC[SiH]1CCC([C@H]2CC[Si@H](c3ccc(OS(=O)(=O)C(F)(F)F)cc3)CC2)CC1. The lowest BCUT2D eigenvalue weighted by molar-refractivity contribution is -0.0500. The molecule has 1 aromatic rings. The predicted molar refractivity (Wildman–Crippen MR) is 125 cm³/mol. The van der Waals surface area contributed by atoms with E-state index < -0.39 is 33.2 Å². The van der Waals surface area contributed by atoms with Crippen LogP contribution in [0.4, 0.5) is 13.2 Å². The molecule has 0 aromatic heterocycles. The third-order valence-electron chi connectivity index (χ3n) is 7.39. The highest BCUT2D eigenvalue weighted by atomic mass is 32.2. The second-order valence-electron chi connectivity index (χ2n) is 9.44. The summed E-state index contributed by atoms with van der Waals surface area (Å²) in [4.78, 5) is 0. The number of hydrogen-bond acceptors (Lipinski definition) is 3. The molecule has 2 fully saturated rings. The molecule has 0 radical (unpaired) electrons. The van der Waals surface area contributed by atoms with Crippen molar-refractivity contribution in [3.05, 3.63) is 24.3 Å². The minimum atomic E-state index is -5.60. The molecule has 3 nitrogen and oxygen atoms in total. The van der Waals surface area contributed by atoms with E-state index in [1.165, 1.54) is 86.4 Å². The van der Waals surface area contributed by atoms with E-state index in [2.05, 4.69) is 11.1 Å². The fraction of sp³-hybridized carbons (Fsp3) is 0.727. The van der Waals surface area contributed by atoms with E-state index in [1.54, 1.807) is 18.2 Å². The molecule has 0 amide bonds. The van der Waals surface area contributed by atoms with Crippen LogP contribution >= 0.6 is 0 Å². The van der Waals surface area contributed by atoms with Crippen LogP contribution in [-0.4, -0.2) is 31.5 Å². The normalized spacial score (nSPS) is 27.7. The summed E-state index contributed by atoms with van der Waals surface area (Å²) in [5.74, 6) is 1.49. The fourth-order valence-electron chi connectivity index (χ4n) is 5.52. The van der Waals surface area contributed by atoms with Gasteiger partial charge >= 0.3 is 15.6 Å². The maximum absolute atomic E-state index is 12.5. The molecule has 0 aliphatic carbocycles. The van der Waals surface area contributed by atoms with E-state index >= 15 is 0 Å². The van der Waals surface area contributed by atoms with Gasteiger partial charge < -0.3 is 4.18 Å². The molecule has 176 valence electrons. The molecule has 0 atom stereocenters. The third-order valence-corrected chi connectivity index (χ3v) is 15.3. The summed E-state index contributed by atoms with van der Waals surface area (Å²) < 4.78 is 63.9. The highest BCUT2D eigenvalue weighted by molar-refractivity contribution is 7.88. The summed E-state index contributed by atoms with van der Waals surface area (Å²) in [7, 11) is -7.20. The molecule has 0 spiro atoms. The molecule has 0 bridgehead atoms. The Balaban J connectivity index is 1.45. The van der Waals surface area contributed by atoms with Gasteiger partial charge in [0.15, 0.2) is 0 Å². The fourth-order valence-corrected chi connectivity index (χ4v) is 12.9. The van der Waals surface area contributed by atoms with Gasteiger partial charge in [-0.2, -0.15) is 21.6 Å². The van der Waals surface area contributed by atoms with Crippen LogP contribution in [0.3, 0.4) is 0 Å². The quantitative estimate of drug-likeness (QED) is 0.206. The molecule has 31 heavy (non-hydrogen) atoms. The van der Waals surface area contributed by atoms with Crippen molar-refractivity contribution in [1.82, 2.24) is 0 Å². The van der Waals surface area contributed by atoms with Crippen LogP contribution in [0.15, 0.2) is 24.3 Å². The van der Waals surface area contributed by atoms with E-state index in [9.17, 15) is 21.6 Å². The zero-order valence-electron chi connectivity index (χ0n) is 18.4. The third kappa shape index (κ3) is 6.84. The van der Waals surface area contributed by atoms with E-state index in [0.29, 0.717) is 0 Å². The number of alkyl halides is 3. The summed E-state index contributed by atoms with van der Waals surface area (Å²) >= 11 is 0. The van der Waals surface area contributed by atoms with Crippen LogP contribution in [0.2, 0.25) is 30.2 Å². The Labute approximate surface area is 188 Å². The molecule has 3 rings (SSSR count). The first-order valence-corrected chi connectivity index (χ1v) is 17.9. The van der Waals surface area contributed by atoms with Crippen LogP contribution in [0, 0.1) is 11.8 Å². The Morgan fingerprint density at radius 2 is 1.48 bits per heavy atom. The van der Waals surface area contributed by atoms with Gasteiger partial charge in [-0.25, -0.2) is 0 Å². The molecule has 9 heteroatoms. The zero-order valence-corrected chi connectivity index (χ0v) is 21.5. The van der Waals surface area contributed by atoms with E-state index in [1.807, 2.05) is 0 Å². The Morgan fingerprint density at radius 1 is 0.935 bits per heavy atom. The highest BCUT2D eigenvalue weighted by Gasteiger charge is 2.48. The van der Waals surface area contributed by atoms with Crippen LogP contribution in [-0.2, 0) is 10.1 Å². The largest absolute Gasteiger partial charge is 0.534 e. The second-order valence-corrected chi connectivity index (χ2v) is 17.7. The van der Waals surface area contributed by atoms with E-state index in [-0.39, 0.29) is 5.75 Å². The van der Waals surface area contributed by atoms with E-state index in [0.717, 1.165) is 11.8 Å². The van der Waals surface area contributed by atoms with Gasteiger partial charge in [0.05, 0.1) is 8.80 Å². The van der Waals surface area contributed by atoms with Crippen molar-refractivity contribution >= 4 is 32.9 Å². The van der Waals surface area contributed by atoms with Crippen molar-refractivity contribution < 1.29 is 25.8 Å². The van der Waals surface area contributed by atoms with Gasteiger partial charge in [-0.3, -0.25) is 0 Å². The summed E-state index contributed by atoms with van der Waals surface area (Å²) in [6, 6.07) is 13.4. The maximum Gasteiger partial charge on any atom is 0.534 e. The summed E-state index contributed by atoms with van der Waals surface area (Å²) in [5.41, 5.74) is -5.41. The molecule has 1 aromatic carbocycles. The van der Waals surface area contributed by atoms with Crippen LogP contribution in [0.5, 0.6) is 5.75 Å². The van der Waals surface area contributed by atoms with Crippen LogP contribution in [0.1, 0.15) is 51.9 Å². The van der Waals surface area contributed by atoms with Gasteiger partial charge in [-0.05, 0) is 24.0 Å². The Morgan fingerprint density at radius 3 is 2.00 bits per heavy atom. The highest BCUT2D eigenvalue weighted by Crippen LogP contribution is 2.40. The molecular weight excluding hydrogens is 457 g/mol. The number of hydrogen-bond donors (Lipinski definition) is 0. The van der Waals surface area contributed by atoms with Crippen molar-refractivity contribution in [1.29, 1.82) is 0 Å². The van der Waals surface area contributed by atoms with Crippen molar-refractivity contribution in [2.24, 2.45) is 11.8 Å². The van der Waals surface area contributed by atoms with Crippen molar-refractivity contribution in [2.45, 2.75) is 87.6 Å². The Kier molecular flexibility index (Phi) is 8.71. The van der Waals surface area contributed by atoms with Gasteiger partial charge in [0.25, 0.3) is 0 Å². The maximum atomic E-state index is 12.5. The van der Waals surface area contributed by atoms with E-state index in [4.69, 9.17) is 0 Å². The van der Waals surface area contributed by atoms with Crippen molar-refractivity contribution in [2.75, 3.05) is 0 Å². The summed E-state index contributed by atoms with van der Waals surface area (Å²) in [6.45, 7) is 2.28. The average Bonchev–Trinajstić information content (AvgIpc) is 2.74. The minimum absolute atomic E-state index is 0.274. The first-order chi connectivity index (χ1) is 14.7. The van der Waals surface area contributed by atoms with Gasteiger partial charge in [0, 0.05) is 8.80 Å². The standard InChI is InChI=1S/C22H35F3O3SSi2/c1-2-3-4-13-30-14-9-18(10-15-30)19-11-16-31(17-12-19)21-7-5-20(6-8-21)28-29(26,27)22(23,24)25/h5-8,18-19,30-31H,2-4,9-17H2,1H3/t18?,19-,30?,31-. The van der Waals surface area contributed by atoms with Gasteiger partial charge in [-0.15, -0.1) is 0 Å². The number of rotatable bonds is 8. The topological polar surface area (TPSA) is 43.4 Å². The predicted octanol–water partition coefficient (Wildman–Crippen LogP) is 5.59. The molecule has 2 saturated heterocycles. The molecule has 0 saturated carbocycles. The molecule has 0 unspecified atom stereocenters. The molecule has 2 aliphatic heterocycles. The van der Waals surface area contributed by atoms with Crippen molar-refractivity contribution in [3.63, 3.8) is 0 Å². The summed E-state index contributed by atoms with van der Waals surface area (Å²) in [6.07, 6.45) is 9.61. The van der Waals surface area contributed by atoms with Gasteiger partial charge in [0.2, 0.25) is 0 Å². The molecule has 2 aliphatic rings. The van der Waals surface area contributed by atoms with Crippen molar-refractivity contribution in [3.8, 4) is 5.75 Å². The lowest BCUT2D eigenvalue weighted by Crippen LogP contribution is -2.36. The van der Waals surface area contributed by atoms with Gasteiger partial charge in [-0.1, -0.05) is 99.4 Å². The molecular formula is C22H35F3O3SSi2. The number of benzene rings is 1. The monoisotopic (exact) mass is 492 g/mol. The number of unbranched alkanes of at least 4 members (excludes halogenated alkanes) is 2. The minimum Gasteiger partial charge on any atom is -0.376 e. The molecule has 0 N–H and O–H groups in total. The lowest BCUT2D eigenvalue weighted by Gasteiger charge is -2.37. The van der Waals surface area contributed by atoms with Gasteiger partial charge in [0.1, 0.15) is 5.75 Å². The van der Waals surface area contributed by atoms with Crippen LogP contribution in [0.25, 0.3) is 0 Å².